The zero-order chi connectivity index (χ0) is 19.2. The normalized spacial score (nSPS) is 24.8. The minimum absolute atomic E-state index is 0.0474. The first-order valence-corrected chi connectivity index (χ1v) is 10.2. The van der Waals surface area contributed by atoms with Crippen molar-refractivity contribution < 1.29 is 14.3 Å². The van der Waals surface area contributed by atoms with Crippen LogP contribution in [0.5, 0.6) is 0 Å². The minimum Gasteiger partial charge on any atom is -0.378 e. The van der Waals surface area contributed by atoms with Crippen LogP contribution in [0.1, 0.15) is 33.6 Å². The van der Waals surface area contributed by atoms with Crippen molar-refractivity contribution in [1.82, 2.24) is 4.90 Å². The molecule has 2 aliphatic heterocycles. The number of hydrogen-bond acceptors (Lipinski definition) is 5. The molecule has 3 rings (SSSR count). The van der Waals surface area contributed by atoms with Gasteiger partial charge in [-0.2, -0.15) is 0 Å². The lowest BCUT2D eigenvalue weighted by atomic mass is 10.1. The number of carbonyl (C=O) groups excluding carboxylic acids is 1. The Balaban J connectivity index is 1.46. The number of nitrogens with one attached hydrogen (secondary N) is 1. The molecular formula is C21H33N3O3. The zero-order valence-corrected chi connectivity index (χ0v) is 16.8. The van der Waals surface area contributed by atoms with E-state index in [1.165, 1.54) is 5.69 Å². The van der Waals surface area contributed by atoms with Crippen LogP contribution < -0.4 is 10.2 Å². The lowest BCUT2D eigenvalue weighted by Gasteiger charge is -2.36. The molecule has 2 aliphatic rings. The number of hydrogen-bond donors (Lipinski definition) is 1. The Morgan fingerprint density at radius 2 is 1.78 bits per heavy atom. The van der Waals surface area contributed by atoms with Gasteiger partial charge in [-0.1, -0.05) is 0 Å². The smallest absolute Gasteiger partial charge is 0.238 e. The zero-order valence-electron chi connectivity index (χ0n) is 16.8. The van der Waals surface area contributed by atoms with Gasteiger partial charge in [0.1, 0.15) is 0 Å². The van der Waals surface area contributed by atoms with Crippen LogP contribution in [-0.2, 0) is 14.3 Å². The fourth-order valence-electron chi connectivity index (χ4n) is 4.02. The monoisotopic (exact) mass is 375 g/mol. The van der Waals surface area contributed by atoms with Crippen molar-refractivity contribution in [3.8, 4) is 0 Å². The van der Waals surface area contributed by atoms with Gasteiger partial charge in [0.15, 0.2) is 0 Å². The number of benzene rings is 1. The Bertz CT molecular complexity index is 589. The number of rotatable bonds is 6. The van der Waals surface area contributed by atoms with Gasteiger partial charge in [0.05, 0.1) is 24.9 Å². The standard InChI is InChI=1S/C21H33N3O3/c1-4-26-20-9-11-23(12-10-20)15-21(25)22-18-5-7-19(8-6-18)24-13-16(2)27-17(3)14-24/h5-8,16-17,20H,4,9-15H2,1-3H3,(H,22,25)/t16-,17-/m0/s1. The van der Waals surface area contributed by atoms with Crippen molar-refractivity contribution in [1.29, 1.82) is 0 Å². The Labute approximate surface area is 162 Å². The second kappa shape index (κ2) is 9.53. The highest BCUT2D eigenvalue weighted by Gasteiger charge is 2.23. The molecule has 1 amide bonds. The van der Waals surface area contributed by atoms with Crippen molar-refractivity contribution in [3.05, 3.63) is 24.3 Å². The summed E-state index contributed by atoms with van der Waals surface area (Å²) in [4.78, 5) is 16.9. The maximum atomic E-state index is 12.3. The van der Waals surface area contributed by atoms with E-state index in [0.717, 1.165) is 51.3 Å². The number of piperidine rings is 1. The molecule has 0 saturated carbocycles. The van der Waals surface area contributed by atoms with Gasteiger partial charge in [-0.3, -0.25) is 9.69 Å². The van der Waals surface area contributed by atoms with Gasteiger partial charge in [-0.25, -0.2) is 0 Å². The summed E-state index contributed by atoms with van der Waals surface area (Å²) in [6.07, 6.45) is 2.84. The molecule has 2 atom stereocenters. The molecule has 1 aromatic rings. The Kier molecular flexibility index (Phi) is 7.10. The van der Waals surface area contributed by atoms with Crippen LogP contribution >= 0.6 is 0 Å². The first kappa shape index (κ1) is 20.1. The molecular weight excluding hydrogens is 342 g/mol. The summed E-state index contributed by atoms with van der Waals surface area (Å²) in [5, 5.41) is 3.02. The summed E-state index contributed by atoms with van der Waals surface area (Å²) in [7, 11) is 0. The predicted octanol–water partition coefficient (Wildman–Crippen LogP) is 2.74. The highest BCUT2D eigenvalue weighted by molar-refractivity contribution is 5.92. The molecule has 1 aromatic carbocycles. The van der Waals surface area contributed by atoms with Crippen LogP contribution in [0.3, 0.4) is 0 Å². The SMILES string of the molecule is CCOC1CCN(CC(=O)Nc2ccc(N3C[C@H](C)O[C@@H](C)C3)cc2)CC1. The molecule has 2 saturated heterocycles. The maximum absolute atomic E-state index is 12.3. The average Bonchev–Trinajstić information content (AvgIpc) is 2.63. The average molecular weight is 376 g/mol. The van der Waals surface area contributed by atoms with Crippen molar-refractivity contribution in [2.45, 2.75) is 51.9 Å². The third-order valence-corrected chi connectivity index (χ3v) is 5.24. The Morgan fingerprint density at radius 1 is 1.15 bits per heavy atom. The van der Waals surface area contributed by atoms with Crippen molar-refractivity contribution in [2.75, 3.05) is 49.5 Å². The molecule has 0 aliphatic carbocycles. The van der Waals surface area contributed by atoms with E-state index in [-0.39, 0.29) is 18.1 Å². The van der Waals surface area contributed by atoms with Gasteiger partial charge in [-0.15, -0.1) is 0 Å². The van der Waals surface area contributed by atoms with E-state index in [2.05, 4.69) is 41.1 Å². The van der Waals surface area contributed by atoms with Crippen molar-refractivity contribution in [3.63, 3.8) is 0 Å². The predicted molar refractivity (Wildman–Crippen MR) is 108 cm³/mol. The molecule has 1 N–H and O–H groups in total. The third kappa shape index (κ3) is 5.92. The van der Waals surface area contributed by atoms with E-state index in [1.54, 1.807) is 0 Å². The molecule has 2 heterocycles. The molecule has 0 bridgehead atoms. The van der Waals surface area contributed by atoms with Crippen LogP contribution in [0.15, 0.2) is 24.3 Å². The molecule has 0 radical (unpaired) electrons. The second-order valence-electron chi connectivity index (χ2n) is 7.69. The van der Waals surface area contributed by atoms with Crippen molar-refractivity contribution in [2.24, 2.45) is 0 Å². The molecule has 6 heteroatoms. The van der Waals surface area contributed by atoms with E-state index >= 15 is 0 Å². The van der Waals surface area contributed by atoms with Crippen LogP contribution in [0, 0.1) is 0 Å². The molecule has 27 heavy (non-hydrogen) atoms. The maximum Gasteiger partial charge on any atom is 0.238 e. The van der Waals surface area contributed by atoms with Crippen molar-refractivity contribution >= 4 is 17.3 Å². The van der Waals surface area contributed by atoms with Gasteiger partial charge in [0, 0.05) is 44.2 Å². The molecule has 2 fully saturated rings. The Hall–Kier alpha value is -1.63. The fourth-order valence-corrected chi connectivity index (χ4v) is 4.02. The highest BCUT2D eigenvalue weighted by atomic mass is 16.5. The number of amides is 1. The number of anilines is 2. The number of morpholine rings is 1. The topological polar surface area (TPSA) is 54.0 Å². The summed E-state index contributed by atoms with van der Waals surface area (Å²) in [5.41, 5.74) is 2.02. The van der Waals surface area contributed by atoms with Crippen LogP contribution in [0.2, 0.25) is 0 Å². The summed E-state index contributed by atoms with van der Waals surface area (Å²) in [6, 6.07) is 8.13. The molecule has 0 unspecified atom stereocenters. The number of likely N-dealkylation sites (tertiary alicyclic amines) is 1. The largest absolute Gasteiger partial charge is 0.378 e. The Morgan fingerprint density at radius 3 is 2.37 bits per heavy atom. The molecule has 150 valence electrons. The summed E-state index contributed by atoms with van der Waals surface area (Å²) < 4.78 is 11.5. The second-order valence-corrected chi connectivity index (χ2v) is 7.69. The highest BCUT2D eigenvalue weighted by Crippen LogP contribution is 2.22. The van der Waals surface area contributed by atoms with Gasteiger partial charge in [0.25, 0.3) is 0 Å². The van der Waals surface area contributed by atoms with Crippen LogP contribution in [-0.4, -0.2) is 68.4 Å². The summed E-state index contributed by atoms with van der Waals surface area (Å²) in [5.74, 6) is 0.0474. The minimum atomic E-state index is 0.0474. The van der Waals surface area contributed by atoms with E-state index in [9.17, 15) is 4.79 Å². The summed E-state index contributed by atoms with van der Waals surface area (Å²) in [6.45, 7) is 11.1. The lowest BCUT2D eigenvalue weighted by Crippen LogP contribution is -2.45. The molecule has 6 nitrogen and oxygen atoms in total. The molecule has 0 aromatic heterocycles. The van der Waals surface area contributed by atoms with E-state index in [0.29, 0.717) is 12.6 Å². The van der Waals surface area contributed by atoms with E-state index < -0.39 is 0 Å². The van der Waals surface area contributed by atoms with Crippen LogP contribution in [0.4, 0.5) is 11.4 Å². The van der Waals surface area contributed by atoms with Gasteiger partial charge in [-0.05, 0) is 57.9 Å². The number of nitrogens with zero attached hydrogens (tertiary/aromatic N) is 2. The number of carbonyl (C=O) groups is 1. The van der Waals surface area contributed by atoms with Gasteiger partial charge in [0.2, 0.25) is 5.91 Å². The first-order valence-electron chi connectivity index (χ1n) is 10.2. The van der Waals surface area contributed by atoms with E-state index in [4.69, 9.17) is 9.47 Å². The quantitative estimate of drug-likeness (QED) is 0.829. The molecule has 0 spiro atoms. The third-order valence-electron chi connectivity index (χ3n) is 5.24. The van der Waals surface area contributed by atoms with Crippen LogP contribution in [0.25, 0.3) is 0 Å². The lowest BCUT2D eigenvalue weighted by molar-refractivity contribution is -0.118. The first-order chi connectivity index (χ1) is 13.0. The summed E-state index contributed by atoms with van der Waals surface area (Å²) >= 11 is 0. The van der Waals surface area contributed by atoms with Gasteiger partial charge >= 0.3 is 0 Å². The number of ether oxygens (including phenoxy) is 2. The van der Waals surface area contributed by atoms with Gasteiger partial charge < -0.3 is 19.7 Å². The fraction of sp³-hybridized carbons (Fsp3) is 0.667. The van der Waals surface area contributed by atoms with E-state index in [1.807, 2.05) is 19.1 Å².